The average Bonchev–Trinajstić information content (AvgIpc) is 2.66. The molecule has 1 atom stereocenters. The van der Waals surface area contributed by atoms with Gasteiger partial charge < -0.3 is 19.5 Å². The Morgan fingerprint density at radius 2 is 1.58 bits per heavy atom. The van der Waals surface area contributed by atoms with Crippen molar-refractivity contribution in [2.75, 3.05) is 13.7 Å². The first-order valence-electron chi connectivity index (χ1n) is 7.88. The standard InChI is InChI=1S/C19H19NO6/c1-13(19(23)24-2)25-17(21)12-20-18(22)14-8-10-16(11-9-14)26-15-6-4-3-5-7-15/h3-11,13H,12H2,1-2H3,(H,20,22). The normalized spacial score (nSPS) is 11.2. The van der Waals surface area contributed by atoms with Crippen LogP contribution in [0.1, 0.15) is 17.3 Å². The first kappa shape index (κ1) is 19.0. The molecule has 0 aliphatic rings. The molecule has 0 fully saturated rings. The fourth-order valence-corrected chi connectivity index (χ4v) is 2.01. The Hall–Kier alpha value is -3.35. The van der Waals surface area contributed by atoms with Gasteiger partial charge >= 0.3 is 11.9 Å². The quantitative estimate of drug-likeness (QED) is 0.765. The third-order valence-electron chi connectivity index (χ3n) is 3.33. The van der Waals surface area contributed by atoms with Gasteiger partial charge in [0, 0.05) is 5.56 Å². The maximum atomic E-state index is 12.0. The van der Waals surface area contributed by atoms with Crippen molar-refractivity contribution in [2.45, 2.75) is 13.0 Å². The number of hydrogen-bond donors (Lipinski definition) is 1. The lowest BCUT2D eigenvalue weighted by Crippen LogP contribution is -2.34. The van der Waals surface area contributed by atoms with Gasteiger partial charge in [-0.3, -0.25) is 9.59 Å². The molecule has 0 bridgehead atoms. The van der Waals surface area contributed by atoms with Crippen LogP contribution in [0, 0.1) is 0 Å². The largest absolute Gasteiger partial charge is 0.466 e. The van der Waals surface area contributed by atoms with Crippen molar-refractivity contribution < 1.29 is 28.6 Å². The zero-order valence-electron chi connectivity index (χ0n) is 14.4. The number of benzene rings is 2. The summed E-state index contributed by atoms with van der Waals surface area (Å²) in [5, 5.41) is 2.42. The molecule has 1 amide bonds. The van der Waals surface area contributed by atoms with Crippen molar-refractivity contribution in [3.63, 3.8) is 0 Å². The van der Waals surface area contributed by atoms with Crippen LogP contribution in [-0.2, 0) is 19.1 Å². The SMILES string of the molecule is COC(=O)C(C)OC(=O)CNC(=O)c1ccc(Oc2ccccc2)cc1. The first-order chi connectivity index (χ1) is 12.5. The van der Waals surface area contributed by atoms with Crippen LogP contribution in [0.2, 0.25) is 0 Å². The molecule has 2 rings (SSSR count). The van der Waals surface area contributed by atoms with Crippen LogP contribution in [0.25, 0.3) is 0 Å². The third kappa shape index (κ3) is 5.62. The average molecular weight is 357 g/mol. The van der Waals surface area contributed by atoms with E-state index < -0.39 is 23.9 Å². The van der Waals surface area contributed by atoms with Gasteiger partial charge in [-0.1, -0.05) is 18.2 Å². The number of para-hydroxylation sites is 1. The monoisotopic (exact) mass is 357 g/mol. The second-order valence-corrected chi connectivity index (χ2v) is 5.28. The van der Waals surface area contributed by atoms with Crippen molar-refractivity contribution in [3.8, 4) is 11.5 Å². The first-order valence-corrected chi connectivity index (χ1v) is 7.88. The Bertz CT molecular complexity index is 757. The fourth-order valence-electron chi connectivity index (χ4n) is 2.01. The molecule has 0 aromatic heterocycles. The van der Waals surface area contributed by atoms with Gasteiger partial charge in [-0.2, -0.15) is 0 Å². The highest BCUT2D eigenvalue weighted by atomic mass is 16.6. The Labute approximate surface area is 150 Å². The van der Waals surface area contributed by atoms with Crippen molar-refractivity contribution in [1.29, 1.82) is 0 Å². The third-order valence-corrected chi connectivity index (χ3v) is 3.33. The number of ether oxygens (including phenoxy) is 3. The Balaban J connectivity index is 1.84. The number of methoxy groups -OCH3 is 1. The van der Waals surface area contributed by atoms with E-state index in [1.165, 1.54) is 14.0 Å². The van der Waals surface area contributed by atoms with E-state index in [4.69, 9.17) is 9.47 Å². The molecule has 2 aromatic rings. The number of amides is 1. The van der Waals surface area contributed by atoms with Crippen LogP contribution < -0.4 is 10.1 Å². The predicted octanol–water partition coefficient (Wildman–Crippen LogP) is 2.31. The van der Waals surface area contributed by atoms with Gasteiger partial charge in [0.15, 0.2) is 6.10 Å². The van der Waals surface area contributed by atoms with Crippen LogP contribution in [0.5, 0.6) is 11.5 Å². The van der Waals surface area contributed by atoms with Crippen molar-refractivity contribution in [2.24, 2.45) is 0 Å². The minimum absolute atomic E-state index is 0.359. The van der Waals surface area contributed by atoms with Gasteiger partial charge in [0.05, 0.1) is 7.11 Å². The number of nitrogens with one attached hydrogen (secondary N) is 1. The van der Waals surface area contributed by atoms with Gasteiger partial charge in [0.25, 0.3) is 5.91 Å². The highest BCUT2D eigenvalue weighted by molar-refractivity contribution is 5.96. The minimum atomic E-state index is -1.03. The van der Waals surface area contributed by atoms with E-state index in [0.29, 0.717) is 17.1 Å². The molecular weight excluding hydrogens is 338 g/mol. The van der Waals surface area contributed by atoms with Crippen LogP contribution in [0.4, 0.5) is 0 Å². The van der Waals surface area contributed by atoms with Crippen molar-refractivity contribution >= 4 is 17.8 Å². The molecule has 0 aliphatic carbocycles. The van der Waals surface area contributed by atoms with Gasteiger partial charge in [-0.25, -0.2) is 4.79 Å². The lowest BCUT2D eigenvalue weighted by molar-refractivity contribution is -0.163. The van der Waals surface area contributed by atoms with Crippen molar-refractivity contribution in [3.05, 3.63) is 60.2 Å². The summed E-state index contributed by atoms with van der Waals surface area (Å²) in [4.78, 5) is 34.8. The number of carbonyl (C=O) groups is 3. The molecule has 1 unspecified atom stereocenters. The molecule has 0 saturated carbocycles. The Morgan fingerprint density at radius 3 is 2.19 bits per heavy atom. The van der Waals surface area contributed by atoms with E-state index in [2.05, 4.69) is 10.1 Å². The van der Waals surface area contributed by atoms with Gasteiger partial charge in [-0.05, 0) is 43.3 Å². The van der Waals surface area contributed by atoms with E-state index >= 15 is 0 Å². The fraction of sp³-hybridized carbons (Fsp3) is 0.211. The van der Waals surface area contributed by atoms with Crippen LogP contribution >= 0.6 is 0 Å². The lowest BCUT2D eigenvalue weighted by atomic mass is 10.2. The molecule has 7 nitrogen and oxygen atoms in total. The van der Waals surface area contributed by atoms with E-state index in [-0.39, 0.29) is 6.54 Å². The topological polar surface area (TPSA) is 90.9 Å². The smallest absolute Gasteiger partial charge is 0.346 e. The van der Waals surface area contributed by atoms with Gasteiger partial charge in [-0.15, -0.1) is 0 Å². The molecule has 1 N–H and O–H groups in total. The number of carbonyl (C=O) groups excluding carboxylic acids is 3. The highest BCUT2D eigenvalue weighted by Gasteiger charge is 2.18. The molecule has 2 aromatic carbocycles. The maximum absolute atomic E-state index is 12.0. The molecule has 0 saturated heterocycles. The molecule has 26 heavy (non-hydrogen) atoms. The minimum Gasteiger partial charge on any atom is -0.466 e. The molecular formula is C19H19NO6. The van der Waals surface area contributed by atoms with Gasteiger partial charge in [0.1, 0.15) is 18.0 Å². The second-order valence-electron chi connectivity index (χ2n) is 5.28. The van der Waals surface area contributed by atoms with Crippen LogP contribution in [0.3, 0.4) is 0 Å². The molecule has 0 spiro atoms. The van der Waals surface area contributed by atoms with Crippen molar-refractivity contribution in [1.82, 2.24) is 5.32 Å². The molecule has 136 valence electrons. The molecule has 0 heterocycles. The summed E-state index contributed by atoms with van der Waals surface area (Å²) < 4.78 is 14.9. The number of esters is 2. The summed E-state index contributed by atoms with van der Waals surface area (Å²) in [6.07, 6.45) is -1.03. The molecule has 0 aliphatic heterocycles. The van der Waals surface area contributed by atoms with Crippen LogP contribution in [0.15, 0.2) is 54.6 Å². The van der Waals surface area contributed by atoms with Gasteiger partial charge in [0.2, 0.25) is 0 Å². The van der Waals surface area contributed by atoms with E-state index in [9.17, 15) is 14.4 Å². The van der Waals surface area contributed by atoms with E-state index in [1.54, 1.807) is 24.3 Å². The lowest BCUT2D eigenvalue weighted by Gasteiger charge is -2.11. The summed E-state index contributed by atoms with van der Waals surface area (Å²) >= 11 is 0. The van der Waals surface area contributed by atoms with E-state index in [1.807, 2.05) is 30.3 Å². The zero-order valence-corrected chi connectivity index (χ0v) is 14.4. The summed E-state index contributed by atoms with van der Waals surface area (Å²) in [7, 11) is 1.19. The maximum Gasteiger partial charge on any atom is 0.346 e. The summed E-state index contributed by atoms with van der Waals surface area (Å²) in [5.41, 5.74) is 0.360. The number of rotatable bonds is 7. The molecule has 7 heteroatoms. The zero-order chi connectivity index (χ0) is 18.9. The summed E-state index contributed by atoms with van der Waals surface area (Å²) in [5.74, 6) is -0.580. The second kappa shape index (κ2) is 9.22. The molecule has 0 radical (unpaired) electrons. The summed E-state index contributed by atoms with van der Waals surface area (Å²) in [6.45, 7) is 1.03. The summed E-state index contributed by atoms with van der Waals surface area (Å²) in [6, 6.07) is 15.7. The van der Waals surface area contributed by atoms with E-state index in [0.717, 1.165) is 0 Å². The van der Waals surface area contributed by atoms with Crippen LogP contribution in [-0.4, -0.2) is 37.6 Å². The predicted molar refractivity (Wildman–Crippen MR) is 92.9 cm³/mol. The number of hydrogen-bond acceptors (Lipinski definition) is 6. The Kier molecular flexibility index (Phi) is 6.73. The highest BCUT2D eigenvalue weighted by Crippen LogP contribution is 2.21. The Morgan fingerprint density at radius 1 is 0.962 bits per heavy atom.